The van der Waals surface area contributed by atoms with Crippen LogP contribution < -0.4 is 10.9 Å². The number of alkyl carbamates (subject to hydrolysis) is 1. The predicted molar refractivity (Wildman–Crippen MR) is 133 cm³/mol. The molecule has 1 saturated carbocycles. The highest BCUT2D eigenvalue weighted by Crippen LogP contribution is 2.36. The number of hydrogen-bond donors (Lipinski definition) is 1. The Hall–Kier alpha value is -3.39. The highest BCUT2D eigenvalue weighted by atomic mass is 35.5. The van der Waals surface area contributed by atoms with Gasteiger partial charge < -0.3 is 14.8 Å². The SMILES string of the molecule is C[C@H](NC(=O)OC(C)(C)C)c1nc2cccc(Cl)c2c(=O)n1C1CC(OC(=O)c2ccccc2)C1. The van der Waals surface area contributed by atoms with Crippen molar-refractivity contribution < 1.29 is 19.1 Å². The summed E-state index contributed by atoms with van der Waals surface area (Å²) < 4.78 is 12.5. The van der Waals surface area contributed by atoms with Gasteiger partial charge in [0.1, 0.15) is 17.5 Å². The number of carbonyl (C=O) groups excluding carboxylic acids is 2. The smallest absolute Gasteiger partial charge is 0.408 e. The van der Waals surface area contributed by atoms with E-state index in [2.05, 4.69) is 10.3 Å². The van der Waals surface area contributed by atoms with Gasteiger partial charge in [-0.3, -0.25) is 9.36 Å². The van der Waals surface area contributed by atoms with E-state index < -0.39 is 23.7 Å². The summed E-state index contributed by atoms with van der Waals surface area (Å²) in [4.78, 5) is 43.0. The maximum atomic E-state index is 13.6. The van der Waals surface area contributed by atoms with Crippen molar-refractivity contribution in [2.45, 2.75) is 64.3 Å². The van der Waals surface area contributed by atoms with Gasteiger partial charge in [-0.05, 0) is 52.0 Å². The van der Waals surface area contributed by atoms with E-state index >= 15 is 0 Å². The first-order chi connectivity index (χ1) is 16.5. The molecule has 8 nitrogen and oxygen atoms in total. The monoisotopic (exact) mass is 497 g/mol. The van der Waals surface area contributed by atoms with Gasteiger partial charge in [0, 0.05) is 18.9 Å². The first kappa shape index (κ1) is 24.7. The van der Waals surface area contributed by atoms with Crippen LogP contribution in [0.25, 0.3) is 10.9 Å². The summed E-state index contributed by atoms with van der Waals surface area (Å²) in [5.74, 6) is -0.0188. The van der Waals surface area contributed by atoms with E-state index in [-0.39, 0.29) is 17.7 Å². The molecular weight excluding hydrogens is 470 g/mol. The van der Waals surface area contributed by atoms with E-state index in [1.54, 1.807) is 74.7 Å². The van der Waals surface area contributed by atoms with Crippen molar-refractivity contribution in [3.63, 3.8) is 0 Å². The molecule has 184 valence electrons. The van der Waals surface area contributed by atoms with Crippen molar-refractivity contribution >= 4 is 34.6 Å². The van der Waals surface area contributed by atoms with E-state index in [1.165, 1.54) is 0 Å². The average Bonchev–Trinajstić information content (AvgIpc) is 2.75. The third-order valence-electron chi connectivity index (χ3n) is 5.74. The largest absolute Gasteiger partial charge is 0.459 e. The molecule has 0 unspecified atom stereocenters. The van der Waals surface area contributed by atoms with Crippen LogP contribution in [-0.2, 0) is 9.47 Å². The summed E-state index contributed by atoms with van der Waals surface area (Å²) in [6.07, 6.45) is -0.0475. The van der Waals surface area contributed by atoms with Crippen LogP contribution in [0.2, 0.25) is 5.02 Å². The Bertz CT molecular complexity index is 1310. The van der Waals surface area contributed by atoms with Gasteiger partial charge in [-0.2, -0.15) is 0 Å². The molecular formula is C26H28ClN3O5. The maximum absolute atomic E-state index is 13.6. The van der Waals surface area contributed by atoms with Crippen LogP contribution in [-0.4, -0.2) is 33.3 Å². The zero-order valence-electron chi connectivity index (χ0n) is 20.1. The lowest BCUT2D eigenvalue weighted by Crippen LogP contribution is -2.43. The molecule has 1 aliphatic carbocycles. The molecule has 1 aliphatic rings. The second-order valence-electron chi connectivity index (χ2n) is 9.67. The summed E-state index contributed by atoms with van der Waals surface area (Å²) in [6.45, 7) is 7.06. The fourth-order valence-electron chi connectivity index (χ4n) is 4.07. The number of nitrogens with zero attached hydrogens (tertiary/aromatic N) is 2. The second kappa shape index (κ2) is 9.70. The summed E-state index contributed by atoms with van der Waals surface area (Å²) in [5.41, 5.74) is -0.0511. The molecule has 0 aliphatic heterocycles. The van der Waals surface area contributed by atoms with Crippen LogP contribution in [0.1, 0.15) is 68.8 Å². The summed E-state index contributed by atoms with van der Waals surface area (Å²) >= 11 is 6.34. The topological polar surface area (TPSA) is 99.5 Å². The molecule has 35 heavy (non-hydrogen) atoms. The summed E-state index contributed by atoms with van der Waals surface area (Å²) in [5, 5.41) is 3.38. The average molecular weight is 498 g/mol. The number of hydrogen-bond acceptors (Lipinski definition) is 6. The summed E-state index contributed by atoms with van der Waals surface area (Å²) in [7, 11) is 0. The highest BCUT2D eigenvalue weighted by Gasteiger charge is 2.37. The van der Waals surface area contributed by atoms with Gasteiger partial charge in [0.15, 0.2) is 0 Å². The van der Waals surface area contributed by atoms with Crippen LogP contribution >= 0.6 is 11.6 Å². The first-order valence-electron chi connectivity index (χ1n) is 11.5. The normalized spacial score (nSPS) is 18.4. The predicted octanol–water partition coefficient (Wildman–Crippen LogP) is 5.20. The number of aromatic nitrogens is 2. The van der Waals surface area contributed by atoms with Crippen LogP contribution in [0.5, 0.6) is 0 Å². The number of fused-ring (bicyclic) bond motifs is 1. The van der Waals surface area contributed by atoms with E-state index in [0.717, 1.165) is 0 Å². The Balaban J connectivity index is 1.60. The first-order valence-corrected chi connectivity index (χ1v) is 11.9. The second-order valence-corrected chi connectivity index (χ2v) is 10.1. The maximum Gasteiger partial charge on any atom is 0.408 e. The zero-order chi connectivity index (χ0) is 25.3. The van der Waals surface area contributed by atoms with Crippen molar-refractivity contribution in [3.8, 4) is 0 Å². The van der Waals surface area contributed by atoms with Crippen molar-refractivity contribution in [2.24, 2.45) is 0 Å². The minimum Gasteiger partial charge on any atom is -0.459 e. The van der Waals surface area contributed by atoms with Gasteiger partial charge in [0.25, 0.3) is 5.56 Å². The quantitative estimate of drug-likeness (QED) is 0.486. The number of benzene rings is 2. The van der Waals surface area contributed by atoms with Crippen molar-refractivity contribution in [2.75, 3.05) is 0 Å². The number of carbonyl (C=O) groups is 2. The van der Waals surface area contributed by atoms with Crippen molar-refractivity contribution in [3.05, 3.63) is 75.3 Å². The lowest BCUT2D eigenvalue weighted by atomic mass is 9.88. The molecule has 1 fully saturated rings. The minimum absolute atomic E-state index is 0.262. The Kier molecular flexibility index (Phi) is 6.85. The Morgan fingerprint density at radius 2 is 1.80 bits per heavy atom. The fourth-order valence-corrected chi connectivity index (χ4v) is 4.32. The number of nitrogens with one attached hydrogen (secondary N) is 1. The van der Waals surface area contributed by atoms with Crippen LogP contribution in [0.15, 0.2) is 53.3 Å². The molecule has 1 amide bonds. The minimum atomic E-state index is -0.669. The number of amides is 1. The number of rotatable bonds is 5. The molecule has 0 bridgehead atoms. The molecule has 0 saturated heterocycles. The Morgan fingerprint density at radius 1 is 1.11 bits per heavy atom. The van der Waals surface area contributed by atoms with Crippen LogP contribution in [0, 0.1) is 0 Å². The number of ether oxygens (including phenoxy) is 2. The third kappa shape index (κ3) is 5.48. The van der Waals surface area contributed by atoms with E-state index in [4.69, 9.17) is 21.1 Å². The van der Waals surface area contributed by atoms with Crippen molar-refractivity contribution in [1.29, 1.82) is 0 Å². The molecule has 2 aromatic carbocycles. The molecule has 0 spiro atoms. The Labute approximate surface area is 208 Å². The molecule has 3 aromatic rings. The molecule has 0 radical (unpaired) electrons. The van der Waals surface area contributed by atoms with Gasteiger partial charge in [-0.25, -0.2) is 14.6 Å². The lowest BCUT2D eigenvalue weighted by Gasteiger charge is -2.37. The zero-order valence-corrected chi connectivity index (χ0v) is 20.8. The van der Waals surface area contributed by atoms with Crippen LogP contribution in [0.3, 0.4) is 0 Å². The molecule has 9 heteroatoms. The highest BCUT2D eigenvalue weighted by molar-refractivity contribution is 6.35. The number of esters is 1. The Morgan fingerprint density at radius 3 is 2.46 bits per heavy atom. The van der Waals surface area contributed by atoms with Gasteiger partial charge in [0.05, 0.1) is 27.5 Å². The van der Waals surface area contributed by atoms with Gasteiger partial charge in [0.2, 0.25) is 0 Å². The van der Waals surface area contributed by atoms with E-state index in [9.17, 15) is 14.4 Å². The molecule has 1 aromatic heterocycles. The molecule has 1 atom stereocenters. The molecule has 1 N–H and O–H groups in total. The van der Waals surface area contributed by atoms with Gasteiger partial charge in [-0.15, -0.1) is 0 Å². The van der Waals surface area contributed by atoms with Crippen molar-refractivity contribution in [1.82, 2.24) is 14.9 Å². The van der Waals surface area contributed by atoms with Gasteiger partial charge in [-0.1, -0.05) is 35.9 Å². The number of halogens is 1. The molecule has 4 rings (SSSR count). The van der Waals surface area contributed by atoms with Gasteiger partial charge >= 0.3 is 12.1 Å². The fraction of sp³-hybridized carbons (Fsp3) is 0.385. The standard InChI is InChI=1S/C26H28ClN3O5/c1-15(28-25(33)35-26(2,3)4)22-29-20-12-8-11-19(27)21(20)23(31)30(22)17-13-18(14-17)34-24(32)16-9-6-5-7-10-16/h5-12,15,17-18H,13-14H2,1-4H3,(H,28,33)/t15-,17?,18?/m0/s1. The third-order valence-corrected chi connectivity index (χ3v) is 6.06. The molecule has 1 heterocycles. The van der Waals surface area contributed by atoms with E-state index in [0.29, 0.717) is 40.2 Å². The summed E-state index contributed by atoms with van der Waals surface area (Å²) in [6, 6.07) is 13.0. The van der Waals surface area contributed by atoms with E-state index in [1.807, 2.05) is 6.07 Å². The van der Waals surface area contributed by atoms with Crippen LogP contribution in [0.4, 0.5) is 4.79 Å². The lowest BCUT2D eigenvalue weighted by molar-refractivity contribution is -0.00944.